The van der Waals surface area contributed by atoms with Crippen LogP contribution in [-0.2, 0) is 4.74 Å². The Kier molecular flexibility index (Phi) is 1.47. The van der Waals surface area contributed by atoms with Crippen molar-refractivity contribution in [2.24, 2.45) is 23.7 Å². The van der Waals surface area contributed by atoms with Crippen LogP contribution in [0.1, 0.15) is 39.5 Å². The third kappa shape index (κ3) is 0.939. The molecule has 6 atom stereocenters. The van der Waals surface area contributed by atoms with E-state index >= 15 is 0 Å². The molecule has 4 aliphatic rings. The molecule has 1 spiro atoms. The number of hydrogen-bond acceptors (Lipinski definition) is 1. The molecular formula is C14H20O. The van der Waals surface area contributed by atoms with Gasteiger partial charge in [0.15, 0.2) is 0 Å². The maximum Gasteiger partial charge on any atom is 0.0979 e. The van der Waals surface area contributed by atoms with Crippen LogP contribution in [-0.4, -0.2) is 11.7 Å². The molecule has 0 amide bonds. The van der Waals surface area contributed by atoms with E-state index in [2.05, 4.69) is 19.9 Å². The topological polar surface area (TPSA) is 12.5 Å². The normalized spacial score (nSPS) is 60.7. The second-order valence-corrected chi connectivity index (χ2v) is 6.34. The fourth-order valence-electron chi connectivity index (χ4n) is 5.03. The molecule has 4 rings (SSSR count). The number of ether oxygens (including phenoxy) is 1. The van der Waals surface area contributed by atoms with Crippen molar-refractivity contribution in [2.75, 3.05) is 0 Å². The zero-order valence-corrected chi connectivity index (χ0v) is 9.70. The Morgan fingerprint density at radius 3 is 2.93 bits per heavy atom. The summed E-state index contributed by atoms with van der Waals surface area (Å²) in [7, 11) is 0. The van der Waals surface area contributed by atoms with Crippen molar-refractivity contribution in [1.29, 1.82) is 0 Å². The summed E-state index contributed by atoms with van der Waals surface area (Å²) in [5, 5.41) is 0. The van der Waals surface area contributed by atoms with Crippen molar-refractivity contribution in [1.82, 2.24) is 0 Å². The zero-order chi connectivity index (χ0) is 10.2. The highest BCUT2D eigenvalue weighted by Crippen LogP contribution is 2.68. The summed E-state index contributed by atoms with van der Waals surface area (Å²) < 4.78 is 5.96. The molecule has 2 saturated carbocycles. The van der Waals surface area contributed by atoms with E-state index in [-0.39, 0.29) is 0 Å². The van der Waals surface area contributed by atoms with E-state index in [0.717, 1.165) is 23.7 Å². The fraction of sp³-hybridized carbons (Fsp3) is 0.857. The van der Waals surface area contributed by atoms with Gasteiger partial charge in [-0.1, -0.05) is 11.6 Å². The molecule has 15 heavy (non-hydrogen) atoms. The van der Waals surface area contributed by atoms with Gasteiger partial charge in [0.25, 0.3) is 0 Å². The molecule has 5 unspecified atom stereocenters. The van der Waals surface area contributed by atoms with Crippen molar-refractivity contribution in [3.63, 3.8) is 0 Å². The number of hydrogen-bond donors (Lipinski definition) is 0. The molecule has 1 heterocycles. The third-order valence-electron chi connectivity index (χ3n) is 5.76. The van der Waals surface area contributed by atoms with Crippen LogP contribution in [0.4, 0.5) is 0 Å². The van der Waals surface area contributed by atoms with Crippen molar-refractivity contribution < 1.29 is 4.74 Å². The third-order valence-corrected chi connectivity index (χ3v) is 5.76. The number of fused-ring (bicyclic) bond motifs is 6. The average Bonchev–Trinajstić information content (AvgIpc) is 2.61. The van der Waals surface area contributed by atoms with E-state index in [4.69, 9.17) is 4.74 Å². The second kappa shape index (κ2) is 2.51. The van der Waals surface area contributed by atoms with E-state index in [9.17, 15) is 0 Å². The van der Waals surface area contributed by atoms with Gasteiger partial charge in [0.2, 0.25) is 0 Å². The van der Waals surface area contributed by atoms with Gasteiger partial charge in [-0.2, -0.15) is 0 Å². The minimum atomic E-state index is 0.365. The first kappa shape index (κ1) is 8.81. The summed E-state index contributed by atoms with van der Waals surface area (Å²) in [5.41, 5.74) is 2.00. The molecule has 0 aromatic heterocycles. The molecule has 1 saturated heterocycles. The van der Waals surface area contributed by atoms with E-state index in [1.54, 1.807) is 5.57 Å². The van der Waals surface area contributed by atoms with Crippen LogP contribution < -0.4 is 0 Å². The summed E-state index contributed by atoms with van der Waals surface area (Å²) in [6.07, 6.45) is 8.64. The Labute approximate surface area is 91.9 Å². The van der Waals surface area contributed by atoms with Gasteiger partial charge in [0, 0.05) is 0 Å². The highest BCUT2D eigenvalue weighted by molar-refractivity contribution is 5.22. The molecule has 0 aromatic carbocycles. The van der Waals surface area contributed by atoms with Crippen molar-refractivity contribution in [2.45, 2.75) is 51.2 Å². The fourth-order valence-corrected chi connectivity index (χ4v) is 5.03. The molecule has 1 nitrogen and oxygen atoms in total. The van der Waals surface area contributed by atoms with Gasteiger partial charge in [-0.15, -0.1) is 0 Å². The van der Waals surface area contributed by atoms with Crippen LogP contribution in [0.15, 0.2) is 11.6 Å². The standard InChI is InChI=1S/C14H20O/c1-8-3-4-11-10-6-13(12(11)5-8)14(7-10)9(2)15-14/h3,9-13H,4-7H2,1-2H3/t9?,10?,11-,12?,13?,14?/m1/s1. The van der Waals surface area contributed by atoms with Crippen LogP contribution >= 0.6 is 0 Å². The van der Waals surface area contributed by atoms with Crippen molar-refractivity contribution in [3.05, 3.63) is 11.6 Å². The lowest BCUT2D eigenvalue weighted by molar-refractivity contribution is 0.114. The molecule has 0 aromatic rings. The molecule has 3 aliphatic carbocycles. The first-order valence-electron chi connectivity index (χ1n) is 6.54. The Morgan fingerprint density at radius 2 is 2.20 bits per heavy atom. The van der Waals surface area contributed by atoms with Gasteiger partial charge in [-0.25, -0.2) is 0 Å². The SMILES string of the molecule is CC1=CC[C@@H]2C3CC(C2C1)C1(C3)OC1C. The maximum absolute atomic E-state index is 5.96. The highest BCUT2D eigenvalue weighted by atomic mass is 16.6. The van der Waals surface area contributed by atoms with E-state index < -0.39 is 0 Å². The number of epoxide rings is 1. The van der Waals surface area contributed by atoms with Gasteiger partial charge >= 0.3 is 0 Å². The van der Waals surface area contributed by atoms with Gasteiger partial charge in [-0.3, -0.25) is 0 Å². The predicted octanol–water partition coefficient (Wildman–Crippen LogP) is 3.16. The molecular weight excluding hydrogens is 184 g/mol. The Bertz CT molecular complexity index is 345. The van der Waals surface area contributed by atoms with E-state index in [1.807, 2.05) is 0 Å². The molecule has 3 fully saturated rings. The molecule has 2 bridgehead atoms. The molecule has 1 aliphatic heterocycles. The van der Waals surface area contributed by atoms with Crippen LogP contribution in [0.2, 0.25) is 0 Å². The quantitative estimate of drug-likeness (QED) is 0.436. The Balaban J connectivity index is 1.68. The van der Waals surface area contributed by atoms with Gasteiger partial charge < -0.3 is 4.74 Å². The van der Waals surface area contributed by atoms with Crippen molar-refractivity contribution >= 4 is 0 Å². The first-order valence-corrected chi connectivity index (χ1v) is 6.54. The lowest BCUT2D eigenvalue weighted by atomic mass is 9.67. The van der Waals surface area contributed by atoms with E-state index in [0.29, 0.717) is 11.7 Å². The second-order valence-electron chi connectivity index (χ2n) is 6.34. The average molecular weight is 204 g/mol. The summed E-state index contributed by atoms with van der Waals surface area (Å²) in [6, 6.07) is 0. The lowest BCUT2D eigenvalue weighted by Gasteiger charge is -2.37. The molecule has 0 radical (unpaired) electrons. The van der Waals surface area contributed by atoms with Crippen LogP contribution in [0.3, 0.4) is 0 Å². The first-order chi connectivity index (χ1) is 7.21. The lowest BCUT2D eigenvalue weighted by Crippen LogP contribution is -2.36. The monoisotopic (exact) mass is 204 g/mol. The van der Waals surface area contributed by atoms with Gasteiger partial charge in [0.05, 0.1) is 11.7 Å². The minimum Gasteiger partial charge on any atom is -0.366 e. The zero-order valence-electron chi connectivity index (χ0n) is 9.70. The number of rotatable bonds is 0. The maximum atomic E-state index is 5.96. The highest BCUT2D eigenvalue weighted by Gasteiger charge is 2.70. The Hall–Kier alpha value is -0.300. The van der Waals surface area contributed by atoms with Crippen LogP contribution in [0.25, 0.3) is 0 Å². The minimum absolute atomic E-state index is 0.365. The summed E-state index contributed by atoms with van der Waals surface area (Å²) in [6.45, 7) is 4.59. The summed E-state index contributed by atoms with van der Waals surface area (Å²) in [4.78, 5) is 0. The van der Waals surface area contributed by atoms with E-state index in [1.165, 1.54) is 25.7 Å². The molecule has 1 heteroatoms. The van der Waals surface area contributed by atoms with Crippen LogP contribution in [0.5, 0.6) is 0 Å². The Morgan fingerprint density at radius 1 is 1.40 bits per heavy atom. The van der Waals surface area contributed by atoms with Gasteiger partial charge in [-0.05, 0) is 63.2 Å². The van der Waals surface area contributed by atoms with Crippen molar-refractivity contribution in [3.8, 4) is 0 Å². The summed E-state index contributed by atoms with van der Waals surface area (Å²) >= 11 is 0. The smallest absolute Gasteiger partial charge is 0.0979 e. The number of allylic oxidation sites excluding steroid dienone is 2. The predicted molar refractivity (Wildman–Crippen MR) is 59.5 cm³/mol. The van der Waals surface area contributed by atoms with Gasteiger partial charge in [0.1, 0.15) is 0 Å². The molecule has 82 valence electrons. The molecule has 0 N–H and O–H groups in total. The summed E-state index contributed by atoms with van der Waals surface area (Å²) in [5.74, 6) is 3.89. The largest absolute Gasteiger partial charge is 0.366 e. The van der Waals surface area contributed by atoms with Crippen LogP contribution in [0, 0.1) is 23.7 Å².